The number of halogens is 1. The number of benzene rings is 1. The maximum Gasteiger partial charge on any atom is 0.207 e. The largest absolute Gasteiger partial charge is 0.369 e. The predicted octanol–water partition coefficient (Wildman–Crippen LogP) is 3.07. The number of nitrogen functional groups attached to an aromatic ring is 1. The van der Waals surface area contributed by atoms with Crippen LogP contribution in [0.25, 0.3) is 16.9 Å². The predicted molar refractivity (Wildman–Crippen MR) is 75.7 cm³/mol. The van der Waals surface area contributed by atoms with Crippen LogP contribution >= 0.6 is 15.9 Å². The molecule has 0 aliphatic rings. The normalized spacial score (nSPS) is 11.0. The summed E-state index contributed by atoms with van der Waals surface area (Å²) in [5, 5.41) is 0. The van der Waals surface area contributed by atoms with E-state index in [0.29, 0.717) is 5.95 Å². The average molecular weight is 303 g/mol. The molecule has 0 amide bonds. The first-order valence-corrected chi connectivity index (χ1v) is 6.31. The molecule has 2 heterocycles. The molecule has 0 atom stereocenters. The van der Waals surface area contributed by atoms with Crippen LogP contribution in [0.5, 0.6) is 0 Å². The molecule has 5 heteroatoms. The molecule has 0 spiro atoms. The molecule has 2 aromatic heterocycles. The lowest BCUT2D eigenvalue weighted by atomic mass is 10.2. The number of aromatic nitrogens is 3. The highest BCUT2D eigenvalue weighted by molar-refractivity contribution is 9.10. The van der Waals surface area contributed by atoms with Gasteiger partial charge in [-0.1, -0.05) is 22.0 Å². The highest BCUT2D eigenvalue weighted by Crippen LogP contribution is 2.25. The Bertz CT molecular complexity index is 733. The zero-order chi connectivity index (χ0) is 12.7. The molecule has 0 saturated carbocycles. The van der Waals surface area contributed by atoms with Gasteiger partial charge in [0.25, 0.3) is 0 Å². The molecule has 0 fully saturated rings. The Hall–Kier alpha value is -1.88. The van der Waals surface area contributed by atoms with E-state index in [2.05, 4.69) is 25.9 Å². The Morgan fingerprint density at radius 1 is 1.28 bits per heavy atom. The van der Waals surface area contributed by atoms with Crippen LogP contribution in [-0.2, 0) is 0 Å². The number of fused-ring (bicyclic) bond motifs is 1. The summed E-state index contributed by atoms with van der Waals surface area (Å²) < 4.78 is 2.89. The third kappa shape index (κ3) is 1.67. The first-order valence-electron chi connectivity index (χ1n) is 5.52. The molecule has 0 unspecified atom stereocenters. The molecule has 2 N–H and O–H groups in total. The van der Waals surface area contributed by atoms with E-state index in [1.165, 1.54) is 5.56 Å². The zero-order valence-electron chi connectivity index (χ0n) is 9.76. The fourth-order valence-corrected chi connectivity index (χ4v) is 2.27. The maximum absolute atomic E-state index is 5.97. The molecule has 3 rings (SSSR count). The van der Waals surface area contributed by atoms with Crippen LogP contribution < -0.4 is 5.73 Å². The second-order valence-corrected chi connectivity index (χ2v) is 4.94. The molecule has 90 valence electrons. The molecular formula is C13H11BrN4. The lowest BCUT2D eigenvalue weighted by molar-refractivity contribution is 1.08. The van der Waals surface area contributed by atoms with E-state index >= 15 is 0 Å². The van der Waals surface area contributed by atoms with Crippen LogP contribution in [0.2, 0.25) is 0 Å². The average Bonchev–Trinajstić information content (AvgIpc) is 2.69. The van der Waals surface area contributed by atoms with Gasteiger partial charge in [-0.05, 0) is 36.8 Å². The summed E-state index contributed by atoms with van der Waals surface area (Å²) >= 11 is 3.53. The number of nitrogens with zero attached hydrogens (tertiary/aromatic N) is 3. The van der Waals surface area contributed by atoms with Gasteiger partial charge in [0.2, 0.25) is 5.95 Å². The van der Waals surface area contributed by atoms with Crippen LogP contribution in [0.15, 0.2) is 41.0 Å². The van der Waals surface area contributed by atoms with Crippen molar-refractivity contribution in [2.45, 2.75) is 6.92 Å². The first-order chi connectivity index (χ1) is 8.66. The molecule has 0 aliphatic heterocycles. The Labute approximate surface area is 113 Å². The summed E-state index contributed by atoms with van der Waals surface area (Å²) in [5.74, 6) is 0.444. The van der Waals surface area contributed by atoms with Crippen molar-refractivity contribution in [3.63, 3.8) is 0 Å². The fourth-order valence-electron chi connectivity index (χ4n) is 1.91. The van der Waals surface area contributed by atoms with Crippen LogP contribution in [0.3, 0.4) is 0 Å². The zero-order valence-corrected chi connectivity index (χ0v) is 11.3. The topological polar surface area (TPSA) is 56.7 Å². The lowest BCUT2D eigenvalue weighted by Crippen LogP contribution is -2.01. The van der Waals surface area contributed by atoms with E-state index in [4.69, 9.17) is 5.73 Å². The van der Waals surface area contributed by atoms with Crippen molar-refractivity contribution in [3.8, 4) is 5.69 Å². The van der Waals surface area contributed by atoms with Gasteiger partial charge >= 0.3 is 0 Å². The lowest BCUT2D eigenvalue weighted by Gasteiger charge is -2.07. The summed E-state index contributed by atoms with van der Waals surface area (Å²) in [5.41, 5.74) is 9.66. The quantitative estimate of drug-likeness (QED) is 0.751. The van der Waals surface area contributed by atoms with Crippen LogP contribution in [0.1, 0.15) is 5.56 Å². The Morgan fingerprint density at radius 3 is 2.89 bits per heavy atom. The van der Waals surface area contributed by atoms with Crippen molar-refractivity contribution < 1.29 is 0 Å². The Kier molecular flexibility index (Phi) is 2.56. The number of anilines is 1. The summed E-state index contributed by atoms with van der Waals surface area (Å²) in [7, 11) is 0. The number of nitrogens with two attached hydrogens (primary N) is 1. The van der Waals surface area contributed by atoms with E-state index in [1.807, 2.05) is 41.8 Å². The SMILES string of the molecule is Cc1ccc(-n2c(N)nc3cccnc32)cc1Br. The van der Waals surface area contributed by atoms with Crippen LogP contribution in [0.4, 0.5) is 5.95 Å². The minimum Gasteiger partial charge on any atom is -0.369 e. The number of hydrogen-bond acceptors (Lipinski definition) is 3. The molecule has 0 bridgehead atoms. The van der Waals surface area contributed by atoms with Crippen LogP contribution in [0, 0.1) is 6.92 Å². The minimum absolute atomic E-state index is 0.444. The number of rotatable bonds is 1. The molecule has 4 nitrogen and oxygen atoms in total. The second-order valence-electron chi connectivity index (χ2n) is 4.09. The highest BCUT2D eigenvalue weighted by atomic mass is 79.9. The number of hydrogen-bond donors (Lipinski definition) is 1. The van der Waals surface area contributed by atoms with Crippen molar-refractivity contribution >= 4 is 33.0 Å². The fraction of sp³-hybridized carbons (Fsp3) is 0.0769. The highest BCUT2D eigenvalue weighted by Gasteiger charge is 2.11. The summed E-state index contributed by atoms with van der Waals surface area (Å²) in [6.45, 7) is 2.04. The maximum atomic E-state index is 5.97. The van der Waals surface area contributed by atoms with Crippen molar-refractivity contribution in [3.05, 3.63) is 46.6 Å². The third-order valence-corrected chi connectivity index (χ3v) is 3.71. The molecule has 18 heavy (non-hydrogen) atoms. The third-order valence-electron chi connectivity index (χ3n) is 2.86. The first kappa shape index (κ1) is 11.2. The van der Waals surface area contributed by atoms with Gasteiger partial charge in [0.05, 0.1) is 5.69 Å². The molecule has 3 aromatic rings. The summed E-state index contributed by atoms with van der Waals surface area (Å²) in [6.07, 6.45) is 1.74. The van der Waals surface area contributed by atoms with Gasteiger partial charge in [0.1, 0.15) is 5.52 Å². The van der Waals surface area contributed by atoms with Crippen molar-refractivity contribution in [1.82, 2.24) is 14.5 Å². The Morgan fingerprint density at radius 2 is 2.11 bits per heavy atom. The number of pyridine rings is 1. The van der Waals surface area contributed by atoms with E-state index in [1.54, 1.807) is 6.20 Å². The molecule has 0 radical (unpaired) electrons. The monoisotopic (exact) mass is 302 g/mol. The smallest absolute Gasteiger partial charge is 0.207 e. The number of imidazole rings is 1. The molecule has 0 aliphatic carbocycles. The summed E-state index contributed by atoms with van der Waals surface area (Å²) in [4.78, 5) is 8.64. The van der Waals surface area contributed by atoms with Crippen molar-refractivity contribution in [2.75, 3.05) is 5.73 Å². The van der Waals surface area contributed by atoms with Gasteiger partial charge in [-0.15, -0.1) is 0 Å². The van der Waals surface area contributed by atoms with E-state index < -0.39 is 0 Å². The number of aryl methyl sites for hydroxylation is 1. The standard InChI is InChI=1S/C13H11BrN4/c1-8-4-5-9(7-10(8)14)18-12-11(17-13(18)15)3-2-6-16-12/h2-7H,1H3,(H2,15,17). The van der Waals surface area contributed by atoms with Gasteiger partial charge in [0, 0.05) is 10.7 Å². The van der Waals surface area contributed by atoms with Gasteiger partial charge in [0.15, 0.2) is 5.65 Å². The van der Waals surface area contributed by atoms with Crippen molar-refractivity contribution in [1.29, 1.82) is 0 Å². The Balaban J connectivity index is 2.30. The van der Waals surface area contributed by atoms with Crippen LogP contribution in [-0.4, -0.2) is 14.5 Å². The summed E-state index contributed by atoms with van der Waals surface area (Å²) in [6, 6.07) is 9.81. The second kappa shape index (κ2) is 4.10. The van der Waals surface area contributed by atoms with Gasteiger partial charge < -0.3 is 5.73 Å². The van der Waals surface area contributed by atoms with Gasteiger partial charge in [-0.2, -0.15) is 0 Å². The van der Waals surface area contributed by atoms with E-state index in [9.17, 15) is 0 Å². The van der Waals surface area contributed by atoms with Crippen molar-refractivity contribution in [2.24, 2.45) is 0 Å². The van der Waals surface area contributed by atoms with Gasteiger partial charge in [-0.25, -0.2) is 9.97 Å². The van der Waals surface area contributed by atoms with E-state index in [-0.39, 0.29) is 0 Å². The minimum atomic E-state index is 0.444. The van der Waals surface area contributed by atoms with Gasteiger partial charge in [-0.3, -0.25) is 4.57 Å². The molecular weight excluding hydrogens is 292 g/mol. The molecule has 0 saturated heterocycles. The van der Waals surface area contributed by atoms with E-state index in [0.717, 1.165) is 21.3 Å². The molecule has 1 aromatic carbocycles.